The van der Waals surface area contributed by atoms with Gasteiger partial charge in [0.15, 0.2) is 0 Å². The van der Waals surface area contributed by atoms with Gasteiger partial charge in [0.1, 0.15) is 0 Å². The molecule has 0 heterocycles. The number of rotatable bonds is 13. The third-order valence-electron chi connectivity index (χ3n) is 3.42. The Kier molecular flexibility index (Phi) is 12.8. The maximum atomic E-state index is 6.36. The molecule has 0 rings (SSSR count). The Bertz CT molecular complexity index is 174. The lowest BCUT2D eigenvalue weighted by atomic mass is 10.1. The Morgan fingerprint density at radius 1 is 0.778 bits per heavy atom. The van der Waals surface area contributed by atoms with Crippen LogP contribution in [0.15, 0.2) is 0 Å². The summed E-state index contributed by atoms with van der Waals surface area (Å²) in [6.45, 7) is 7.19. The van der Waals surface area contributed by atoms with Gasteiger partial charge in [0.25, 0.3) is 7.63 Å². The van der Waals surface area contributed by atoms with E-state index in [0.29, 0.717) is 0 Å². The molecule has 0 aliphatic heterocycles. The van der Waals surface area contributed by atoms with Gasteiger partial charge in [0, 0.05) is 6.61 Å². The lowest BCUT2D eigenvalue weighted by Crippen LogP contribution is -2.26. The Balaban J connectivity index is 3.16. The average molecular weight is 293 g/mol. The van der Waals surface area contributed by atoms with E-state index in [0.717, 1.165) is 12.7 Å². The second-order valence-electron chi connectivity index (χ2n) is 5.47. The van der Waals surface area contributed by atoms with E-state index >= 15 is 0 Å². The molecule has 0 aromatic carbocycles. The molecule has 3 heteroatoms. The van der Waals surface area contributed by atoms with Crippen LogP contribution in [-0.4, -0.2) is 14.2 Å². The van der Waals surface area contributed by atoms with Crippen molar-refractivity contribution in [1.29, 1.82) is 0 Å². The van der Waals surface area contributed by atoms with Crippen LogP contribution in [0, 0.1) is 0 Å². The lowest BCUT2D eigenvalue weighted by Gasteiger charge is -2.18. The molecule has 0 amide bonds. The Morgan fingerprint density at radius 3 is 1.67 bits per heavy atom. The zero-order chi connectivity index (χ0) is 13.7. The smallest absolute Gasteiger partial charge is 0.286 e. The molecule has 1 atom stereocenters. The zero-order valence-corrected chi connectivity index (χ0v) is 14.5. The van der Waals surface area contributed by atoms with Crippen LogP contribution in [-0.2, 0) is 4.43 Å². The van der Waals surface area contributed by atoms with E-state index in [-0.39, 0.29) is 0 Å². The molecule has 0 bridgehead atoms. The number of hydrogen-bond donors (Lipinski definition) is 0. The van der Waals surface area contributed by atoms with Crippen LogP contribution in [0.4, 0.5) is 0 Å². The Hall–Kier alpha value is 0.467. The van der Waals surface area contributed by atoms with Crippen LogP contribution < -0.4 is 0 Å². The van der Waals surface area contributed by atoms with Crippen LogP contribution in [0.2, 0.25) is 12.6 Å². The maximum absolute atomic E-state index is 6.36. The molecule has 0 aromatic rings. The van der Waals surface area contributed by atoms with E-state index in [4.69, 9.17) is 15.5 Å². The minimum Gasteiger partial charge on any atom is -0.403 e. The molecule has 0 fully saturated rings. The van der Waals surface area contributed by atoms with Crippen LogP contribution >= 0.6 is 11.1 Å². The van der Waals surface area contributed by atoms with Crippen molar-refractivity contribution < 1.29 is 4.43 Å². The molecule has 0 aromatic heterocycles. The molecule has 0 saturated heterocycles. The van der Waals surface area contributed by atoms with Crippen molar-refractivity contribution in [2.24, 2.45) is 0 Å². The largest absolute Gasteiger partial charge is 0.403 e. The summed E-state index contributed by atoms with van der Waals surface area (Å²) in [4.78, 5) is 0. The molecule has 1 nitrogen and oxygen atoms in total. The van der Waals surface area contributed by atoms with Gasteiger partial charge in [-0.1, -0.05) is 71.1 Å². The summed E-state index contributed by atoms with van der Waals surface area (Å²) in [5.74, 6) is 0. The molecule has 18 heavy (non-hydrogen) atoms. The number of halogens is 1. The maximum Gasteiger partial charge on any atom is 0.286 e. The summed E-state index contributed by atoms with van der Waals surface area (Å²) in [6.07, 6.45) is 13.8. The summed E-state index contributed by atoms with van der Waals surface area (Å²) in [6, 6.07) is 1.11. The number of hydrogen-bond acceptors (Lipinski definition) is 1. The van der Waals surface area contributed by atoms with Crippen molar-refractivity contribution >= 4 is 18.7 Å². The van der Waals surface area contributed by atoms with E-state index in [1.807, 2.05) is 6.92 Å². The Morgan fingerprint density at radius 2 is 1.22 bits per heavy atom. The van der Waals surface area contributed by atoms with Gasteiger partial charge in [0.05, 0.1) is 0 Å². The van der Waals surface area contributed by atoms with Gasteiger partial charge >= 0.3 is 0 Å². The Labute approximate surface area is 120 Å². The minimum atomic E-state index is -1.82. The van der Waals surface area contributed by atoms with Gasteiger partial charge < -0.3 is 4.43 Å². The average Bonchev–Trinajstić information content (AvgIpc) is 2.31. The summed E-state index contributed by atoms with van der Waals surface area (Å²) in [7, 11) is -1.82. The first-order chi connectivity index (χ1) is 8.62. The van der Waals surface area contributed by atoms with Crippen molar-refractivity contribution in [3.05, 3.63) is 0 Å². The summed E-state index contributed by atoms with van der Waals surface area (Å²) in [5.41, 5.74) is 0. The highest BCUT2D eigenvalue weighted by Crippen LogP contribution is 2.21. The molecule has 110 valence electrons. The zero-order valence-electron chi connectivity index (χ0n) is 12.8. The standard InChI is InChI=1S/C15H33ClOSi/c1-4-6-7-8-9-10-11-12-13-14-15-18(3,16)17-5-2/h4-15H2,1-3H3. The normalized spacial score (nSPS) is 14.7. The fourth-order valence-electron chi connectivity index (χ4n) is 2.30. The topological polar surface area (TPSA) is 9.23 Å². The van der Waals surface area contributed by atoms with E-state index in [9.17, 15) is 0 Å². The van der Waals surface area contributed by atoms with E-state index in [1.54, 1.807) is 0 Å². The lowest BCUT2D eigenvalue weighted by molar-refractivity contribution is 0.337. The monoisotopic (exact) mass is 292 g/mol. The molecule has 0 radical (unpaired) electrons. The molecular formula is C15H33ClOSi. The van der Waals surface area contributed by atoms with Crippen LogP contribution in [0.3, 0.4) is 0 Å². The molecule has 0 aliphatic carbocycles. The summed E-state index contributed by atoms with van der Waals surface area (Å²) in [5, 5.41) is 0. The second-order valence-corrected chi connectivity index (χ2v) is 10.9. The summed E-state index contributed by atoms with van der Waals surface area (Å²) >= 11 is 6.36. The quantitative estimate of drug-likeness (QED) is 0.221. The van der Waals surface area contributed by atoms with Crippen molar-refractivity contribution in [1.82, 2.24) is 0 Å². The van der Waals surface area contributed by atoms with Crippen molar-refractivity contribution in [3.63, 3.8) is 0 Å². The van der Waals surface area contributed by atoms with Gasteiger partial charge in [-0.15, -0.1) is 11.1 Å². The molecule has 0 N–H and O–H groups in total. The highest BCUT2D eigenvalue weighted by Gasteiger charge is 2.24. The number of unbranched alkanes of at least 4 members (excludes halogenated alkanes) is 9. The predicted octanol–water partition coefficient (Wildman–Crippen LogP) is 6.25. The first kappa shape index (κ1) is 18.5. The van der Waals surface area contributed by atoms with Crippen molar-refractivity contribution in [2.75, 3.05) is 6.61 Å². The van der Waals surface area contributed by atoms with E-state index in [2.05, 4.69) is 13.5 Å². The fourth-order valence-corrected chi connectivity index (χ4v) is 4.66. The molecular weight excluding hydrogens is 260 g/mol. The third-order valence-corrected chi connectivity index (χ3v) is 6.45. The molecule has 0 saturated carbocycles. The first-order valence-electron chi connectivity index (χ1n) is 7.95. The van der Waals surface area contributed by atoms with Gasteiger partial charge in [-0.3, -0.25) is 0 Å². The fraction of sp³-hybridized carbons (Fsp3) is 1.00. The highest BCUT2D eigenvalue weighted by atomic mass is 35.6. The van der Waals surface area contributed by atoms with Gasteiger partial charge in [-0.25, -0.2) is 0 Å². The molecule has 1 unspecified atom stereocenters. The third kappa shape index (κ3) is 12.9. The highest BCUT2D eigenvalue weighted by molar-refractivity contribution is 7.16. The SMILES string of the molecule is CCCCCCCCCCCC[Si](C)(Cl)OCC. The predicted molar refractivity (Wildman–Crippen MR) is 85.7 cm³/mol. The van der Waals surface area contributed by atoms with E-state index < -0.39 is 7.63 Å². The van der Waals surface area contributed by atoms with Gasteiger partial charge in [0.2, 0.25) is 0 Å². The summed E-state index contributed by atoms with van der Waals surface area (Å²) < 4.78 is 5.62. The van der Waals surface area contributed by atoms with Crippen molar-refractivity contribution in [3.8, 4) is 0 Å². The van der Waals surface area contributed by atoms with Crippen LogP contribution in [0.1, 0.15) is 78.1 Å². The molecule has 0 aliphatic rings. The van der Waals surface area contributed by atoms with Crippen molar-refractivity contribution in [2.45, 2.75) is 90.6 Å². The minimum absolute atomic E-state index is 0.768. The second kappa shape index (κ2) is 12.5. The van der Waals surface area contributed by atoms with Gasteiger partial charge in [-0.2, -0.15) is 0 Å². The first-order valence-corrected chi connectivity index (χ1v) is 11.6. The van der Waals surface area contributed by atoms with Crippen LogP contribution in [0.25, 0.3) is 0 Å². The van der Waals surface area contributed by atoms with E-state index in [1.165, 1.54) is 64.2 Å². The molecule has 0 spiro atoms. The van der Waals surface area contributed by atoms with Crippen LogP contribution in [0.5, 0.6) is 0 Å². The van der Waals surface area contributed by atoms with Gasteiger partial charge in [-0.05, 0) is 19.5 Å².